The maximum absolute atomic E-state index is 13.2. The Balaban J connectivity index is 1.62. The van der Waals surface area contributed by atoms with Gasteiger partial charge in [0.1, 0.15) is 11.5 Å². The molecular formula is C28H22N2O4. The van der Waals surface area contributed by atoms with Crippen molar-refractivity contribution < 1.29 is 19.4 Å². The zero-order chi connectivity index (χ0) is 23.7. The fourth-order valence-corrected chi connectivity index (χ4v) is 4.35. The highest BCUT2D eigenvalue weighted by Crippen LogP contribution is 2.40. The zero-order valence-electron chi connectivity index (χ0n) is 18.5. The first-order valence-electron chi connectivity index (χ1n) is 10.9. The van der Waals surface area contributed by atoms with Crippen LogP contribution in [0.4, 0.5) is 0 Å². The summed E-state index contributed by atoms with van der Waals surface area (Å²) < 4.78 is 5.21. The predicted molar refractivity (Wildman–Crippen MR) is 129 cm³/mol. The first-order chi connectivity index (χ1) is 16.6. The first-order valence-corrected chi connectivity index (χ1v) is 10.9. The molecule has 2 heterocycles. The van der Waals surface area contributed by atoms with Crippen molar-refractivity contribution in [1.29, 1.82) is 0 Å². The van der Waals surface area contributed by atoms with Crippen LogP contribution in [0.1, 0.15) is 22.7 Å². The number of nitrogens with zero attached hydrogens (tertiary/aromatic N) is 2. The number of pyridine rings is 1. The lowest BCUT2D eigenvalue weighted by Crippen LogP contribution is -2.29. The Bertz CT molecular complexity index is 1410. The molecule has 34 heavy (non-hydrogen) atoms. The highest BCUT2D eigenvalue weighted by Gasteiger charge is 2.46. The monoisotopic (exact) mass is 450 g/mol. The van der Waals surface area contributed by atoms with Crippen LogP contribution in [0.25, 0.3) is 16.5 Å². The van der Waals surface area contributed by atoms with Crippen LogP contribution in [0, 0.1) is 0 Å². The van der Waals surface area contributed by atoms with E-state index < -0.39 is 17.7 Å². The van der Waals surface area contributed by atoms with E-state index in [9.17, 15) is 14.7 Å². The molecule has 4 aromatic rings. The van der Waals surface area contributed by atoms with Gasteiger partial charge >= 0.3 is 0 Å². The number of ketones is 1. The quantitative estimate of drug-likeness (QED) is 0.267. The third kappa shape index (κ3) is 3.79. The number of aliphatic hydroxyl groups is 1. The molecule has 0 bridgehead atoms. The van der Waals surface area contributed by atoms with Gasteiger partial charge in [0.05, 0.1) is 18.7 Å². The van der Waals surface area contributed by atoms with E-state index in [0.29, 0.717) is 16.9 Å². The molecule has 6 nitrogen and oxygen atoms in total. The molecule has 1 fully saturated rings. The summed E-state index contributed by atoms with van der Waals surface area (Å²) in [5.74, 6) is -0.874. The van der Waals surface area contributed by atoms with Gasteiger partial charge in [0, 0.05) is 24.5 Å². The SMILES string of the molecule is COc1ccc(CN2C(=O)C(=O)/C(=C(\O)c3ccc4ccccc4c3)C2c2cccnc2)cc1. The van der Waals surface area contributed by atoms with E-state index >= 15 is 0 Å². The molecule has 1 aromatic heterocycles. The van der Waals surface area contributed by atoms with Crippen molar-refractivity contribution in [3.63, 3.8) is 0 Å². The molecule has 6 heteroatoms. The van der Waals surface area contributed by atoms with E-state index in [4.69, 9.17) is 4.74 Å². The lowest BCUT2D eigenvalue weighted by atomic mass is 9.95. The van der Waals surface area contributed by atoms with E-state index in [0.717, 1.165) is 16.3 Å². The van der Waals surface area contributed by atoms with Crippen molar-refractivity contribution in [3.05, 3.63) is 114 Å². The molecule has 168 valence electrons. The van der Waals surface area contributed by atoms with E-state index in [-0.39, 0.29) is 17.9 Å². The maximum atomic E-state index is 13.2. The van der Waals surface area contributed by atoms with Crippen LogP contribution in [-0.2, 0) is 16.1 Å². The van der Waals surface area contributed by atoms with Crippen molar-refractivity contribution in [3.8, 4) is 5.75 Å². The van der Waals surface area contributed by atoms with Crippen LogP contribution >= 0.6 is 0 Å². The third-order valence-corrected chi connectivity index (χ3v) is 6.07. The lowest BCUT2D eigenvalue weighted by Gasteiger charge is -2.25. The summed E-state index contributed by atoms with van der Waals surface area (Å²) in [7, 11) is 1.59. The molecule has 0 aliphatic carbocycles. The Hall–Kier alpha value is -4.45. The Morgan fingerprint density at radius 3 is 2.44 bits per heavy atom. The molecule has 1 saturated heterocycles. The number of aromatic nitrogens is 1. The van der Waals surface area contributed by atoms with Crippen LogP contribution in [-0.4, -0.2) is 33.8 Å². The van der Waals surface area contributed by atoms with Crippen LogP contribution < -0.4 is 4.74 Å². The summed E-state index contributed by atoms with van der Waals surface area (Å²) in [6.07, 6.45) is 3.24. The predicted octanol–water partition coefficient (Wildman–Crippen LogP) is 4.87. The summed E-state index contributed by atoms with van der Waals surface area (Å²) in [6, 6.07) is 23.3. The van der Waals surface area contributed by atoms with Crippen LogP contribution in [0.3, 0.4) is 0 Å². The number of ether oxygens (including phenoxy) is 1. The molecule has 1 unspecified atom stereocenters. The number of aliphatic hydroxyl groups excluding tert-OH is 1. The number of amides is 1. The van der Waals surface area contributed by atoms with Gasteiger partial charge in [0.15, 0.2) is 0 Å². The average molecular weight is 450 g/mol. The summed E-state index contributed by atoms with van der Waals surface area (Å²) in [5.41, 5.74) is 2.02. The van der Waals surface area contributed by atoms with Gasteiger partial charge in [-0.1, -0.05) is 54.6 Å². The number of methoxy groups -OCH3 is 1. The maximum Gasteiger partial charge on any atom is 0.295 e. The molecule has 5 rings (SSSR count). The van der Waals surface area contributed by atoms with Crippen molar-refractivity contribution >= 4 is 28.2 Å². The Labute approximate surface area is 196 Å². The Morgan fingerprint density at radius 1 is 0.971 bits per heavy atom. The summed E-state index contributed by atoms with van der Waals surface area (Å²) in [5, 5.41) is 13.2. The van der Waals surface area contributed by atoms with Crippen molar-refractivity contribution in [2.45, 2.75) is 12.6 Å². The van der Waals surface area contributed by atoms with Gasteiger partial charge in [-0.05, 0) is 46.2 Å². The second-order valence-corrected chi connectivity index (χ2v) is 8.12. The number of hydrogen-bond donors (Lipinski definition) is 1. The Kier molecular flexibility index (Phi) is 5.55. The molecule has 0 spiro atoms. The largest absolute Gasteiger partial charge is 0.507 e. The van der Waals surface area contributed by atoms with E-state index in [1.54, 1.807) is 49.8 Å². The highest BCUT2D eigenvalue weighted by molar-refractivity contribution is 6.46. The molecule has 0 radical (unpaired) electrons. The van der Waals surface area contributed by atoms with Crippen LogP contribution in [0.2, 0.25) is 0 Å². The van der Waals surface area contributed by atoms with Crippen molar-refractivity contribution in [2.24, 2.45) is 0 Å². The van der Waals surface area contributed by atoms with E-state index in [1.807, 2.05) is 48.5 Å². The zero-order valence-corrected chi connectivity index (χ0v) is 18.5. The van der Waals surface area contributed by atoms with Gasteiger partial charge in [0.25, 0.3) is 11.7 Å². The van der Waals surface area contributed by atoms with E-state index in [1.165, 1.54) is 4.90 Å². The number of hydrogen-bond acceptors (Lipinski definition) is 5. The van der Waals surface area contributed by atoms with E-state index in [2.05, 4.69) is 4.98 Å². The molecule has 3 aromatic carbocycles. The number of likely N-dealkylation sites (tertiary alicyclic amines) is 1. The van der Waals surface area contributed by atoms with Gasteiger partial charge < -0.3 is 14.7 Å². The molecule has 0 saturated carbocycles. The van der Waals surface area contributed by atoms with Crippen LogP contribution in [0.5, 0.6) is 5.75 Å². The highest BCUT2D eigenvalue weighted by atomic mass is 16.5. The van der Waals surface area contributed by atoms with Crippen molar-refractivity contribution in [2.75, 3.05) is 7.11 Å². The lowest BCUT2D eigenvalue weighted by molar-refractivity contribution is -0.140. The summed E-state index contributed by atoms with van der Waals surface area (Å²) >= 11 is 0. The van der Waals surface area contributed by atoms with Crippen molar-refractivity contribution in [1.82, 2.24) is 9.88 Å². The normalized spacial score (nSPS) is 17.3. The van der Waals surface area contributed by atoms with Gasteiger partial charge in [0.2, 0.25) is 0 Å². The van der Waals surface area contributed by atoms with Gasteiger partial charge in [-0.2, -0.15) is 0 Å². The number of Topliss-reactive ketones (excluding diaryl/α,β-unsaturated/α-hetero) is 1. The topological polar surface area (TPSA) is 79.7 Å². The Morgan fingerprint density at radius 2 is 1.74 bits per heavy atom. The first kappa shape index (κ1) is 21.4. The minimum atomic E-state index is -0.762. The number of fused-ring (bicyclic) bond motifs is 1. The number of carbonyl (C=O) groups excluding carboxylic acids is 2. The summed E-state index contributed by atoms with van der Waals surface area (Å²) in [6.45, 7) is 0.197. The fraction of sp³-hybridized carbons (Fsp3) is 0.107. The van der Waals surface area contributed by atoms with Gasteiger partial charge in [-0.3, -0.25) is 14.6 Å². The van der Waals surface area contributed by atoms with Gasteiger partial charge in [-0.25, -0.2) is 0 Å². The number of benzene rings is 3. The third-order valence-electron chi connectivity index (χ3n) is 6.07. The molecule has 1 amide bonds. The molecular weight excluding hydrogens is 428 g/mol. The van der Waals surface area contributed by atoms with Crippen LogP contribution in [0.15, 0.2) is 96.8 Å². The summed E-state index contributed by atoms with van der Waals surface area (Å²) in [4.78, 5) is 32.0. The van der Waals surface area contributed by atoms with Gasteiger partial charge in [-0.15, -0.1) is 0 Å². The number of carbonyl (C=O) groups is 2. The second kappa shape index (κ2) is 8.83. The number of rotatable bonds is 5. The minimum Gasteiger partial charge on any atom is -0.507 e. The molecule has 1 aliphatic heterocycles. The molecule has 1 atom stereocenters. The minimum absolute atomic E-state index is 0.0572. The average Bonchev–Trinajstić information content (AvgIpc) is 3.14. The molecule has 1 N–H and O–H groups in total. The molecule has 1 aliphatic rings. The standard InChI is InChI=1S/C28H22N2O4/c1-34-23-12-8-18(9-13-23)17-30-25(22-7-4-14-29-16-22)24(27(32)28(30)33)26(31)21-11-10-19-5-2-3-6-20(19)15-21/h2-16,25,31H,17H2,1H3/b26-24-. The second-order valence-electron chi connectivity index (χ2n) is 8.12. The fourth-order valence-electron chi connectivity index (χ4n) is 4.35. The smallest absolute Gasteiger partial charge is 0.295 e.